The number of aromatic nitrogens is 1. The Morgan fingerprint density at radius 1 is 0.385 bits per heavy atom. The highest BCUT2D eigenvalue weighted by molar-refractivity contribution is 7.26. The molecule has 1 aliphatic heterocycles. The second-order valence-electron chi connectivity index (χ2n) is 20.7. The number of allylic oxidation sites excluding steroid dienone is 3. The first-order chi connectivity index (χ1) is 38.7. The van der Waals surface area contributed by atoms with E-state index in [1.54, 1.807) is 0 Å². The maximum Gasteiger partial charge on any atom is 0.0755 e. The Bertz CT molecular complexity index is 4540. The molecule has 0 radical (unpaired) electrons. The van der Waals surface area contributed by atoms with Crippen molar-refractivity contribution >= 4 is 98.8 Å². The highest BCUT2D eigenvalue weighted by Gasteiger charge is 2.52. The van der Waals surface area contributed by atoms with E-state index in [1.165, 1.54) is 98.1 Å². The number of hydrogen-bond donors (Lipinski definition) is 0. The zero-order valence-corrected chi connectivity index (χ0v) is 43.5. The summed E-state index contributed by atoms with van der Waals surface area (Å²) < 4.78 is 4.96. The molecule has 3 heterocycles. The van der Waals surface area contributed by atoms with E-state index in [2.05, 4.69) is 298 Å². The lowest BCUT2D eigenvalue weighted by molar-refractivity contribution is 0.752. The van der Waals surface area contributed by atoms with E-state index in [1.807, 2.05) is 11.3 Å². The van der Waals surface area contributed by atoms with Crippen molar-refractivity contribution in [1.29, 1.82) is 0 Å². The largest absolute Gasteiger partial charge is 0.310 e. The molecule has 78 heavy (non-hydrogen) atoms. The molecule has 0 atom stereocenters. The van der Waals surface area contributed by atoms with Crippen LogP contribution in [-0.4, -0.2) is 4.57 Å². The number of anilines is 8. The van der Waals surface area contributed by atoms with Gasteiger partial charge in [-0.05, 0) is 155 Å². The fraction of sp³-hybridized carbons (Fsp3) is 0.0411. The van der Waals surface area contributed by atoms with Crippen LogP contribution in [-0.2, 0) is 5.41 Å². The van der Waals surface area contributed by atoms with Crippen LogP contribution in [0.1, 0.15) is 35.1 Å². The molecule has 1 spiro atoms. The predicted octanol–water partition coefficient (Wildman–Crippen LogP) is 20.1. The summed E-state index contributed by atoms with van der Waals surface area (Å²) in [6, 6.07) is 96.9. The Hall–Kier alpha value is -9.68. The normalized spacial score (nSPS) is 13.9. The molecule has 0 fully saturated rings. The van der Waals surface area contributed by atoms with Crippen molar-refractivity contribution in [1.82, 2.24) is 4.57 Å². The first-order valence-corrected chi connectivity index (χ1v) is 27.9. The molecule has 2 aliphatic carbocycles. The maximum atomic E-state index is 2.51. The number of fused-ring (bicyclic) bond motifs is 15. The second-order valence-corrected chi connectivity index (χ2v) is 21.7. The van der Waals surface area contributed by atoms with E-state index in [4.69, 9.17) is 0 Å². The number of para-hydroxylation sites is 6. The highest BCUT2D eigenvalue weighted by Crippen LogP contribution is 2.64. The van der Waals surface area contributed by atoms with E-state index >= 15 is 0 Å². The van der Waals surface area contributed by atoms with Gasteiger partial charge in [0, 0.05) is 66.1 Å². The topological polar surface area (TPSA) is 14.7 Å². The van der Waals surface area contributed by atoms with Gasteiger partial charge in [0.15, 0.2) is 0 Å². The third kappa shape index (κ3) is 6.58. The first-order valence-electron chi connectivity index (χ1n) is 27.1. The number of nitrogens with zero attached hydrogens (tertiary/aromatic N) is 4. The SMILES string of the molecule is C1=CC(N(c2ccccc2)c2cccc3c2sc2ccc(N(c4ccccc4)c4ccc5c(c4)C4(c6ccccc6-5)c5ccccc5N(c5ccc6c7ccccc7n(-c7ccccc7)c6c5)c5ccccc54)cc23)=CCC1. The van der Waals surface area contributed by atoms with Crippen molar-refractivity contribution in [3.63, 3.8) is 0 Å². The number of hydrogen-bond acceptors (Lipinski definition) is 4. The van der Waals surface area contributed by atoms with E-state index < -0.39 is 5.41 Å². The van der Waals surface area contributed by atoms with Crippen molar-refractivity contribution < 1.29 is 0 Å². The van der Waals surface area contributed by atoms with Crippen LogP contribution in [0.2, 0.25) is 0 Å². The van der Waals surface area contributed by atoms with Gasteiger partial charge in [-0.25, -0.2) is 0 Å². The van der Waals surface area contributed by atoms with Crippen molar-refractivity contribution in [2.24, 2.45) is 0 Å². The maximum absolute atomic E-state index is 2.51. The van der Waals surface area contributed by atoms with Gasteiger partial charge in [0.05, 0.1) is 38.2 Å². The van der Waals surface area contributed by atoms with Crippen LogP contribution in [0.15, 0.2) is 285 Å². The summed E-state index contributed by atoms with van der Waals surface area (Å²) in [5.74, 6) is 0. The summed E-state index contributed by atoms with van der Waals surface area (Å²) in [6.45, 7) is 0. The van der Waals surface area contributed by atoms with Gasteiger partial charge in [0.25, 0.3) is 0 Å². The molecular formula is C73H50N4S. The number of rotatable bonds is 8. The Morgan fingerprint density at radius 3 is 1.76 bits per heavy atom. The van der Waals surface area contributed by atoms with E-state index in [0.29, 0.717) is 0 Å². The quantitative estimate of drug-likeness (QED) is 0.151. The van der Waals surface area contributed by atoms with Crippen LogP contribution in [0.5, 0.6) is 0 Å². The Kier molecular flexibility index (Phi) is 10.1. The van der Waals surface area contributed by atoms with Gasteiger partial charge in [-0.15, -0.1) is 11.3 Å². The van der Waals surface area contributed by atoms with Crippen LogP contribution in [0, 0.1) is 0 Å². The summed E-state index contributed by atoms with van der Waals surface area (Å²) in [6.07, 6.45) is 9.06. The summed E-state index contributed by atoms with van der Waals surface area (Å²) in [5, 5.41) is 4.99. The Morgan fingerprint density at radius 2 is 1.00 bits per heavy atom. The lowest BCUT2D eigenvalue weighted by Gasteiger charge is -2.45. The smallest absolute Gasteiger partial charge is 0.0755 e. The molecule has 11 aromatic carbocycles. The molecule has 2 aromatic heterocycles. The summed E-state index contributed by atoms with van der Waals surface area (Å²) in [5.41, 5.74) is 20.9. The molecular weight excluding hydrogens is 965 g/mol. The van der Waals surface area contributed by atoms with Gasteiger partial charge in [-0.3, -0.25) is 0 Å². The van der Waals surface area contributed by atoms with Gasteiger partial charge < -0.3 is 19.3 Å². The van der Waals surface area contributed by atoms with Gasteiger partial charge in [0.1, 0.15) is 0 Å². The summed E-state index contributed by atoms with van der Waals surface area (Å²) in [4.78, 5) is 7.41. The highest BCUT2D eigenvalue weighted by atomic mass is 32.1. The minimum absolute atomic E-state index is 0.630. The summed E-state index contributed by atoms with van der Waals surface area (Å²) in [7, 11) is 0. The Balaban J connectivity index is 0.884. The monoisotopic (exact) mass is 1010 g/mol. The Labute approximate surface area is 457 Å². The van der Waals surface area contributed by atoms with Crippen molar-refractivity contribution in [3.05, 3.63) is 307 Å². The van der Waals surface area contributed by atoms with Crippen molar-refractivity contribution in [2.45, 2.75) is 18.3 Å². The fourth-order valence-corrected chi connectivity index (χ4v) is 14.5. The van der Waals surface area contributed by atoms with Gasteiger partial charge >= 0.3 is 0 Å². The van der Waals surface area contributed by atoms with E-state index in [9.17, 15) is 0 Å². The molecule has 0 N–H and O–H groups in total. The molecule has 13 aromatic rings. The van der Waals surface area contributed by atoms with Crippen molar-refractivity contribution in [3.8, 4) is 16.8 Å². The van der Waals surface area contributed by atoms with Gasteiger partial charge in [0.2, 0.25) is 0 Å². The van der Waals surface area contributed by atoms with Crippen LogP contribution < -0.4 is 14.7 Å². The molecule has 0 unspecified atom stereocenters. The molecule has 0 amide bonds. The lowest BCUT2D eigenvalue weighted by Crippen LogP contribution is -2.36. The van der Waals surface area contributed by atoms with Gasteiger partial charge in [-0.2, -0.15) is 0 Å². The first kappa shape index (κ1) is 44.6. The van der Waals surface area contributed by atoms with Crippen LogP contribution in [0.4, 0.5) is 45.5 Å². The molecule has 3 aliphatic rings. The molecule has 4 nitrogen and oxygen atoms in total. The van der Waals surface area contributed by atoms with Crippen LogP contribution in [0.3, 0.4) is 0 Å². The van der Waals surface area contributed by atoms with Gasteiger partial charge in [-0.1, -0.05) is 170 Å². The lowest BCUT2D eigenvalue weighted by atomic mass is 9.64. The van der Waals surface area contributed by atoms with E-state index in [0.717, 1.165) is 47.0 Å². The number of benzene rings is 11. The zero-order valence-electron chi connectivity index (χ0n) is 42.7. The van der Waals surface area contributed by atoms with E-state index in [-0.39, 0.29) is 0 Å². The molecule has 368 valence electrons. The fourth-order valence-electron chi connectivity index (χ4n) is 13.3. The zero-order chi connectivity index (χ0) is 51.3. The standard InChI is InChI=1S/C73H50N4S/c1-5-22-49(23-6-1)74(53-42-45-71-61(46-53)60-32-21-39-69(72(60)78-71)75(50-24-7-2-8-25-50)51-26-9-3-10-27-51)54-40-43-57-56-30-13-15-33-62(56)73(65(57)47-54)63-34-16-19-37-67(63)77(68-38-20-17-35-64(68)73)55-41-44-59-58-31-14-18-36-66(58)76(70(59)48-55)52-28-11-4-12-29-52/h1-2,4-9,11-48H,3,10H2. The summed E-state index contributed by atoms with van der Waals surface area (Å²) >= 11 is 1.88. The minimum atomic E-state index is -0.630. The minimum Gasteiger partial charge on any atom is -0.310 e. The third-order valence-corrected chi connectivity index (χ3v) is 17.7. The molecule has 0 saturated carbocycles. The molecule has 5 heteroatoms. The average Bonchev–Trinajstić information content (AvgIpc) is 3.98. The second kappa shape index (κ2) is 17.7. The van der Waals surface area contributed by atoms with Crippen LogP contribution >= 0.6 is 11.3 Å². The average molecular weight is 1020 g/mol. The molecule has 16 rings (SSSR count). The van der Waals surface area contributed by atoms with Crippen molar-refractivity contribution in [2.75, 3.05) is 14.7 Å². The predicted molar refractivity (Wildman–Crippen MR) is 329 cm³/mol. The molecule has 0 bridgehead atoms. The molecule has 0 saturated heterocycles. The number of thiophene rings is 1. The van der Waals surface area contributed by atoms with Crippen LogP contribution in [0.25, 0.3) is 58.8 Å². The third-order valence-electron chi connectivity index (χ3n) is 16.5.